The van der Waals surface area contributed by atoms with Gasteiger partial charge in [-0.1, -0.05) is 18.5 Å². The summed E-state index contributed by atoms with van der Waals surface area (Å²) < 4.78 is 0. The molecule has 0 radical (unpaired) electrons. The lowest BCUT2D eigenvalue weighted by Gasteiger charge is -2.38. The van der Waals surface area contributed by atoms with Crippen LogP contribution >= 0.6 is 11.6 Å². The Morgan fingerprint density at radius 2 is 2.18 bits per heavy atom. The van der Waals surface area contributed by atoms with Gasteiger partial charge in [-0.15, -0.1) is 0 Å². The highest BCUT2D eigenvalue weighted by Crippen LogP contribution is 2.19. The molecule has 2 rings (SSSR count). The standard InChI is InChI=1S/C12H19ClN4/c1-4-11-14-10(13)7-12(15-11)17-6-5-16(3)9(2)8-17/h7,9H,4-6,8H2,1-3H3. The smallest absolute Gasteiger partial charge is 0.134 e. The largest absolute Gasteiger partial charge is 0.354 e. The number of halogens is 1. The van der Waals surface area contributed by atoms with Gasteiger partial charge in [-0.3, -0.25) is 0 Å². The molecule has 0 bridgehead atoms. The SMILES string of the molecule is CCc1nc(Cl)cc(N2CCN(C)C(C)C2)n1. The molecular formula is C12H19ClN4. The van der Waals surface area contributed by atoms with Crippen LogP contribution in [0.5, 0.6) is 0 Å². The predicted octanol–water partition coefficient (Wildman–Crippen LogP) is 1.83. The molecule has 1 fully saturated rings. The van der Waals surface area contributed by atoms with Crippen molar-refractivity contribution in [2.45, 2.75) is 26.3 Å². The van der Waals surface area contributed by atoms with Gasteiger partial charge in [0.05, 0.1) is 0 Å². The maximum atomic E-state index is 6.02. The van der Waals surface area contributed by atoms with Gasteiger partial charge in [0.1, 0.15) is 16.8 Å². The van der Waals surface area contributed by atoms with Crippen LogP contribution in [0.25, 0.3) is 0 Å². The van der Waals surface area contributed by atoms with Crippen molar-refractivity contribution in [1.29, 1.82) is 0 Å². The molecule has 1 saturated heterocycles. The van der Waals surface area contributed by atoms with Gasteiger partial charge >= 0.3 is 0 Å². The fourth-order valence-corrected chi connectivity index (χ4v) is 2.22. The fourth-order valence-electron chi connectivity index (χ4n) is 2.03. The Bertz CT molecular complexity index is 396. The minimum atomic E-state index is 0.540. The zero-order chi connectivity index (χ0) is 12.4. The lowest BCUT2D eigenvalue weighted by molar-refractivity contribution is 0.233. The summed E-state index contributed by atoms with van der Waals surface area (Å²) >= 11 is 6.02. The molecule has 0 N–H and O–H groups in total. The first kappa shape index (κ1) is 12.6. The molecule has 94 valence electrons. The molecule has 1 atom stereocenters. The van der Waals surface area contributed by atoms with E-state index in [1.165, 1.54) is 0 Å². The molecule has 1 aromatic heterocycles. The van der Waals surface area contributed by atoms with E-state index in [-0.39, 0.29) is 0 Å². The highest BCUT2D eigenvalue weighted by molar-refractivity contribution is 6.29. The Hall–Kier alpha value is -0.870. The first-order chi connectivity index (χ1) is 8.10. The van der Waals surface area contributed by atoms with Crippen molar-refractivity contribution in [2.24, 2.45) is 0 Å². The second-order valence-corrected chi connectivity index (χ2v) is 4.98. The summed E-state index contributed by atoms with van der Waals surface area (Å²) in [6, 6.07) is 2.40. The Balaban J connectivity index is 2.19. The molecule has 1 aliphatic heterocycles. The maximum absolute atomic E-state index is 6.02. The van der Waals surface area contributed by atoms with Crippen molar-refractivity contribution in [3.63, 3.8) is 0 Å². The van der Waals surface area contributed by atoms with Crippen molar-refractivity contribution in [2.75, 3.05) is 31.6 Å². The van der Waals surface area contributed by atoms with Crippen LogP contribution in [0.4, 0.5) is 5.82 Å². The first-order valence-electron chi connectivity index (χ1n) is 6.08. The van der Waals surface area contributed by atoms with E-state index >= 15 is 0 Å². The van der Waals surface area contributed by atoms with Gasteiger partial charge in [0.2, 0.25) is 0 Å². The van der Waals surface area contributed by atoms with E-state index in [1.54, 1.807) is 0 Å². The normalized spacial score (nSPS) is 21.9. The summed E-state index contributed by atoms with van der Waals surface area (Å²) in [5, 5.41) is 0.540. The quantitative estimate of drug-likeness (QED) is 0.754. The fraction of sp³-hybridized carbons (Fsp3) is 0.667. The van der Waals surface area contributed by atoms with Crippen LogP contribution in [-0.2, 0) is 6.42 Å². The topological polar surface area (TPSA) is 32.3 Å². The lowest BCUT2D eigenvalue weighted by atomic mass is 10.2. The van der Waals surface area contributed by atoms with Crippen LogP contribution in [-0.4, -0.2) is 47.6 Å². The zero-order valence-corrected chi connectivity index (χ0v) is 11.4. The summed E-state index contributed by atoms with van der Waals surface area (Å²) in [4.78, 5) is 13.4. The molecule has 1 aromatic rings. The van der Waals surface area contributed by atoms with Crippen molar-refractivity contribution in [1.82, 2.24) is 14.9 Å². The Morgan fingerprint density at radius 1 is 1.41 bits per heavy atom. The van der Waals surface area contributed by atoms with Crippen LogP contribution in [0.2, 0.25) is 5.15 Å². The van der Waals surface area contributed by atoms with Gasteiger partial charge in [-0.2, -0.15) is 0 Å². The molecule has 0 aromatic carbocycles. The number of likely N-dealkylation sites (N-methyl/N-ethyl adjacent to an activating group) is 1. The monoisotopic (exact) mass is 254 g/mol. The number of hydrogen-bond acceptors (Lipinski definition) is 4. The third-order valence-electron chi connectivity index (χ3n) is 3.33. The number of aromatic nitrogens is 2. The van der Waals surface area contributed by atoms with Gasteiger partial charge in [0.15, 0.2) is 0 Å². The maximum Gasteiger partial charge on any atom is 0.134 e. The lowest BCUT2D eigenvalue weighted by Crippen LogP contribution is -2.50. The number of hydrogen-bond donors (Lipinski definition) is 0. The van der Waals surface area contributed by atoms with Gasteiger partial charge in [0.25, 0.3) is 0 Å². The molecule has 2 heterocycles. The molecule has 1 aliphatic rings. The number of aryl methyl sites for hydroxylation is 1. The van der Waals surface area contributed by atoms with E-state index in [0.29, 0.717) is 11.2 Å². The minimum Gasteiger partial charge on any atom is -0.354 e. The van der Waals surface area contributed by atoms with E-state index in [9.17, 15) is 0 Å². The third kappa shape index (κ3) is 2.87. The van der Waals surface area contributed by atoms with Crippen LogP contribution in [0.15, 0.2) is 6.07 Å². The van der Waals surface area contributed by atoms with Crippen molar-refractivity contribution in [3.05, 3.63) is 17.0 Å². The van der Waals surface area contributed by atoms with Gasteiger partial charge in [-0.25, -0.2) is 9.97 Å². The average Bonchev–Trinajstić information content (AvgIpc) is 2.32. The number of rotatable bonds is 2. The van der Waals surface area contributed by atoms with Crippen molar-refractivity contribution >= 4 is 17.4 Å². The molecule has 17 heavy (non-hydrogen) atoms. The number of anilines is 1. The highest BCUT2D eigenvalue weighted by atomic mass is 35.5. The van der Waals surface area contributed by atoms with Crippen molar-refractivity contribution < 1.29 is 0 Å². The Kier molecular flexibility index (Phi) is 3.84. The van der Waals surface area contributed by atoms with E-state index in [1.807, 2.05) is 13.0 Å². The number of piperazine rings is 1. The van der Waals surface area contributed by atoms with Crippen molar-refractivity contribution in [3.8, 4) is 0 Å². The van der Waals surface area contributed by atoms with E-state index in [4.69, 9.17) is 11.6 Å². The second-order valence-electron chi connectivity index (χ2n) is 4.59. The van der Waals surface area contributed by atoms with Gasteiger partial charge in [0, 0.05) is 38.2 Å². The molecule has 0 saturated carbocycles. The van der Waals surface area contributed by atoms with E-state index in [0.717, 1.165) is 37.7 Å². The van der Waals surface area contributed by atoms with E-state index < -0.39 is 0 Å². The Morgan fingerprint density at radius 3 is 2.82 bits per heavy atom. The summed E-state index contributed by atoms with van der Waals surface area (Å²) in [5.41, 5.74) is 0. The Labute approximate surface area is 108 Å². The highest BCUT2D eigenvalue weighted by Gasteiger charge is 2.22. The molecule has 0 amide bonds. The third-order valence-corrected chi connectivity index (χ3v) is 3.52. The van der Waals surface area contributed by atoms with E-state index in [2.05, 4.69) is 33.7 Å². The molecule has 4 nitrogen and oxygen atoms in total. The van der Waals surface area contributed by atoms with Crippen LogP contribution in [0.1, 0.15) is 19.7 Å². The zero-order valence-electron chi connectivity index (χ0n) is 10.6. The molecule has 1 unspecified atom stereocenters. The molecule has 0 spiro atoms. The van der Waals surface area contributed by atoms with Crippen LogP contribution < -0.4 is 4.90 Å². The predicted molar refractivity (Wildman–Crippen MR) is 70.7 cm³/mol. The summed E-state index contributed by atoms with van der Waals surface area (Å²) in [6.07, 6.45) is 0.816. The summed E-state index contributed by atoms with van der Waals surface area (Å²) in [5.74, 6) is 1.78. The molecule has 5 heteroatoms. The van der Waals surface area contributed by atoms with Gasteiger partial charge < -0.3 is 9.80 Å². The van der Waals surface area contributed by atoms with Gasteiger partial charge in [-0.05, 0) is 14.0 Å². The molecular weight excluding hydrogens is 236 g/mol. The average molecular weight is 255 g/mol. The van der Waals surface area contributed by atoms with Crippen LogP contribution in [0, 0.1) is 0 Å². The number of nitrogens with zero attached hydrogens (tertiary/aromatic N) is 4. The second kappa shape index (κ2) is 5.19. The summed E-state index contributed by atoms with van der Waals surface area (Å²) in [6.45, 7) is 7.33. The first-order valence-corrected chi connectivity index (χ1v) is 6.46. The molecule has 0 aliphatic carbocycles. The summed E-state index contributed by atoms with van der Waals surface area (Å²) in [7, 11) is 2.16. The van der Waals surface area contributed by atoms with Crippen LogP contribution in [0.3, 0.4) is 0 Å². The minimum absolute atomic E-state index is 0.540.